The predicted octanol–water partition coefficient (Wildman–Crippen LogP) is 2.58. The fourth-order valence-electron chi connectivity index (χ4n) is 3.00. The van der Waals surface area contributed by atoms with Crippen LogP contribution in [0.3, 0.4) is 0 Å². The van der Waals surface area contributed by atoms with Gasteiger partial charge in [-0.3, -0.25) is 14.7 Å². The fraction of sp³-hybridized carbons (Fsp3) is 0.667. The van der Waals surface area contributed by atoms with Gasteiger partial charge < -0.3 is 16.0 Å². The van der Waals surface area contributed by atoms with Gasteiger partial charge in [-0.2, -0.15) is 0 Å². The Kier molecular flexibility index (Phi) is 11.9. The van der Waals surface area contributed by atoms with Crippen LogP contribution in [0.1, 0.15) is 43.5 Å². The van der Waals surface area contributed by atoms with Gasteiger partial charge in [-0.25, -0.2) is 0 Å². The van der Waals surface area contributed by atoms with E-state index in [0.717, 1.165) is 38.6 Å². The molecule has 2 rings (SSSR count). The van der Waals surface area contributed by atoms with Crippen molar-refractivity contribution in [2.24, 2.45) is 4.99 Å². The molecule has 1 unspecified atom stereocenters. The first-order valence-electron chi connectivity index (χ1n) is 9.23. The van der Waals surface area contributed by atoms with Crippen molar-refractivity contribution in [1.82, 2.24) is 20.9 Å². The lowest BCUT2D eigenvalue weighted by molar-refractivity contribution is -0.120. The number of carbonyl (C=O) groups excluding carboxylic acids is 1. The quantitative estimate of drug-likeness (QED) is 0.281. The molecule has 1 atom stereocenters. The van der Waals surface area contributed by atoms with Gasteiger partial charge >= 0.3 is 0 Å². The third kappa shape index (κ3) is 7.79. The van der Waals surface area contributed by atoms with Gasteiger partial charge in [0.2, 0.25) is 5.91 Å². The van der Waals surface area contributed by atoms with Crippen LogP contribution >= 0.6 is 35.3 Å². The van der Waals surface area contributed by atoms with E-state index < -0.39 is 0 Å². The molecule has 1 aliphatic rings. The summed E-state index contributed by atoms with van der Waals surface area (Å²) in [6.07, 6.45) is 3.98. The molecule has 26 heavy (non-hydrogen) atoms. The van der Waals surface area contributed by atoms with Crippen LogP contribution < -0.4 is 16.0 Å². The van der Waals surface area contributed by atoms with Gasteiger partial charge in [0.25, 0.3) is 0 Å². The Morgan fingerprint density at radius 3 is 2.65 bits per heavy atom. The number of amides is 1. The highest BCUT2D eigenvalue weighted by atomic mass is 127. The lowest BCUT2D eigenvalue weighted by Gasteiger charge is -2.27. The maximum atomic E-state index is 11.7. The number of rotatable bonds is 9. The Labute approximate surface area is 178 Å². The molecule has 0 aliphatic carbocycles. The highest BCUT2D eigenvalue weighted by Gasteiger charge is 2.24. The van der Waals surface area contributed by atoms with Crippen LogP contribution in [0.5, 0.6) is 0 Å². The number of aliphatic imine (C=N–C) groups is 1. The van der Waals surface area contributed by atoms with Crippen molar-refractivity contribution in [2.75, 3.05) is 39.8 Å². The summed E-state index contributed by atoms with van der Waals surface area (Å²) in [5.41, 5.74) is 0. The highest BCUT2D eigenvalue weighted by molar-refractivity contribution is 14.0. The number of thiophene rings is 1. The minimum absolute atomic E-state index is 0. The van der Waals surface area contributed by atoms with Crippen molar-refractivity contribution in [3.05, 3.63) is 22.4 Å². The molecule has 1 aromatic heterocycles. The summed E-state index contributed by atoms with van der Waals surface area (Å²) in [7, 11) is 1.77. The number of nitrogens with zero attached hydrogens (tertiary/aromatic N) is 2. The van der Waals surface area contributed by atoms with Gasteiger partial charge in [-0.1, -0.05) is 13.0 Å². The summed E-state index contributed by atoms with van der Waals surface area (Å²) >= 11 is 1.81. The number of halogens is 1. The topological polar surface area (TPSA) is 68.8 Å². The van der Waals surface area contributed by atoms with E-state index in [2.05, 4.69) is 50.3 Å². The summed E-state index contributed by atoms with van der Waals surface area (Å²) < 4.78 is 0. The van der Waals surface area contributed by atoms with Crippen molar-refractivity contribution in [2.45, 2.75) is 38.6 Å². The smallest absolute Gasteiger partial charge is 0.221 e. The molecular formula is C18H32IN5OS. The molecule has 0 aromatic carbocycles. The van der Waals surface area contributed by atoms with Gasteiger partial charge in [0, 0.05) is 38.0 Å². The summed E-state index contributed by atoms with van der Waals surface area (Å²) in [5, 5.41) is 11.7. The Morgan fingerprint density at radius 2 is 2.04 bits per heavy atom. The monoisotopic (exact) mass is 493 g/mol. The largest absolute Gasteiger partial charge is 0.356 e. The molecule has 0 radical (unpaired) electrons. The Hall–Kier alpha value is -0.870. The molecule has 1 saturated heterocycles. The molecule has 1 fully saturated rings. The predicted molar refractivity (Wildman–Crippen MR) is 121 cm³/mol. The van der Waals surface area contributed by atoms with Crippen LogP contribution in [-0.4, -0.2) is 56.5 Å². The first kappa shape index (κ1) is 23.2. The van der Waals surface area contributed by atoms with E-state index in [0.29, 0.717) is 19.0 Å². The summed E-state index contributed by atoms with van der Waals surface area (Å²) in [4.78, 5) is 19.9. The van der Waals surface area contributed by atoms with E-state index in [9.17, 15) is 4.79 Å². The van der Waals surface area contributed by atoms with Crippen molar-refractivity contribution in [3.8, 4) is 0 Å². The third-order valence-electron chi connectivity index (χ3n) is 4.36. The molecule has 148 valence electrons. The SMILES string of the molecule is CCCNC(=O)CCNC(=NC)NCC(c1cccs1)N1CCCC1.I. The maximum Gasteiger partial charge on any atom is 0.221 e. The van der Waals surface area contributed by atoms with Crippen LogP contribution in [0.2, 0.25) is 0 Å². The van der Waals surface area contributed by atoms with E-state index in [1.54, 1.807) is 7.05 Å². The molecule has 6 nitrogen and oxygen atoms in total. The third-order valence-corrected chi connectivity index (χ3v) is 5.33. The Balaban J connectivity index is 0.00000338. The Bertz CT molecular complexity index is 532. The first-order valence-corrected chi connectivity index (χ1v) is 10.1. The van der Waals surface area contributed by atoms with Crippen LogP contribution in [-0.2, 0) is 4.79 Å². The average molecular weight is 493 g/mol. The minimum atomic E-state index is 0. The molecule has 2 heterocycles. The second-order valence-electron chi connectivity index (χ2n) is 6.25. The van der Waals surface area contributed by atoms with Gasteiger partial charge in [0.15, 0.2) is 5.96 Å². The summed E-state index contributed by atoms with van der Waals surface area (Å²) in [6, 6.07) is 4.71. The zero-order valence-electron chi connectivity index (χ0n) is 15.8. The Morgan fingerprint density at radius 1 is 1.27 bits per heavy atom. The van der Waals surface area contributed by atoms with E-state index >= 15 is 0 Å². The lowest BCUT2D eigenvalue weighted by Crippen LogP contribution is -2.43. The zero-order chi connectivity index (χ0) is 17.9. The van der Waals surface area contributed by atoms with Crippen molar-refractivity contribution >= 4 is 47.2 Å². The molecule has 8 heteroatoms. The normalized spacial score (nSPS) is 16.0. The highest BCUT2D eigenvalue weighted by Crippen LogP contribution is 2.27. The van der Waals surface area contributed by atoms with E-state index in [4.69, 9.17) is 0 Å². The molecule has 3 N–H and O–H groups in total. The number of hydrogen-bond donors (Lipinski definition) is 3. The van der Waals surface area contributed by atoms with E-state index in [-0.39, 0.29) is 29.9 Å². The number of likely N-dealkylation sites (tertiary alicyclic amines) is 1. The van der Waals surface area contributed by atoms with Crippen molar-refractivity contribution in [3.63, 3.8) is 0 Å². The van der Waals surface area contributed by atoms with E-state index in [1.165, 1.54) is 17.7 Å². The second-order valence-corrected chi connectivity index (χ2v) is 7.23. The molecule has 1 aromatic rings. The number of guanidine groups is 1. The van der Waals surface area contributed by atoms with Crippen LogP contribution in [0.25, 0.3) is 0 Å². The second kappa shape index (κ2) is 13.3. The molecule has 1 amide bonds. The minimum Gasteiger partial charge on any atom is -0.356 e. The summed E-state index contributed by atoms with van der Waals surface area (Å²) in [6.45, 7) is 6.52. The number of hydrogen-bond acceptors (Lipinski definition) is 4. The van der Waals surface area contributed by atoms with Crippen LogP contribution in [0, 0.1) is 0 Å². The van der Waals surface area contributed by atoms with Gasteiger partial charge in [-0.05, 0) is 43.8 Å². The molecule has 1 aliphatic heterocycles. The van der Waals surface area contributed by atoms with Gasteiger partial charge in [0.1, 0.15) is 0 Å². The van der Waals surface area contributed by atoms with Crippen molar-refractivity contribution in [1.29, 1.82) is 0 Å². The molecule has 0 spiro atoms. The van der Waals surface area contributed by atoms with Gasteiger partial charge in [-0.15, -0.1) is 35.3 Å². The maximum absolute atomic E-state index is 11.7. The standard InChI is InChI=1S/C18H31N5OS.HI/c1-3-9-20-17(24)8-10-21-18(19-2)22-14-15(16-7-6-13-25-16)23-11-4-5-12-23;/h6-7,13,15H,3-5,8-12,14H2,1-2H3,(H,20,24)(H2,19,21,22);1H. The number of nitrogens with one attached hydrogen (secondary N) is 3. The lowest BCUT2D eigenvalue weighted by atomic mass is 10.2. The van der Waals surface area contributed by atoms with Crippen LogP contribution in [0.4, 0.5) is 0 Å². The molecular weight excluding hydrogens is 461 g/mol. The molecule has 0 bridgehead atoms. The van der Waals surface area contributed by atoms with E-state index in [1.807, 2.05) is 11.3 Å². The van der Waals surface area contributed by atoms with Crippen molar-refractivity contribution < 1.29 is 4.79 Å². The first-order chi connectivity index (χ1) is 12.2. The average Bonchev–Trinajstić information content (AvgIpc) is 3.33. The van der Waals surface area contributed by atoms with Crippen LogP contribution in [0.15, 0.2) is 22.5 Å². The van der Waals surface area contributed by atoms with Gasteiger partial charge in [0.05, 0.1) is 6.04 Å². The number of carbonyl (C=O) groups is 1. The fourth-order valence-corrected chi connectivity index (χ4v) is 3.87. The zero-order valence-corrected chi connectivity index (χ0v) is 18.9. The molecule has 0 saturated carbocycles. The summed E-state index contributed by atoms with van der Waals surface area (Å²) in [5.74, 6) is 0.836.